The summed E-state index contributed by atoms with van der Waals surface area (Å²) in [4.78, 5) is 0. The van der Waals surface area contributed by atoms with Crippen LogP contribution in [0.1, 0.15) is 25.0 Å². The minimum absolute atomic E-state index is 1.18. The lowest BCUT2D eigenvalue weighted by Gasteiger charge is -2.12. The first-order valence-electron chi connectivity index (χ1n) is 4.28. The molecule has 0 fully saturated rings. The Bertz CT molecular complexity index is 208. The molecule has 0 saturated carbocycles. The van der Waals surface area contributed by atoms with Crippen LogP contribution in [0.25, 0.3) is 0 Å². The third-order valence-corrected chi connectivity index (χ3v) is 3.86. The van der Waals surface area contributed by atoms with Gasteiger partial charge < -0.3 is 0 Å². The number of benzene rings is 1. The molecule has 0 unspecified atom stereocenters. The van der Waals surface area contributed by atoms with Crippen LogP contribution in [0.15, 0.2) is 24.3 Å². The van der Waals surface area contributed by atoms with Crippen LogP contribution in [0, 0.1) is 0 Å². The Kier molecular flexibility index (Phi) is 4.62. The Morgan fingerprint density at radius 1 is 0.917 bits per heavy atom. The van der Waals surface area contributed by atoms with Crippen LogP contribution in [0.2, 0.25) is 0 Å². The molecule has 0 amide bonds. The van der Waals surface area contributed by atoms with Crippen LogP contribution in [0.5, 0.6) is 0 Å². The fourth-order valence-electron chi connectivity index (χ4n) is 1.05. The van der Waals surface area contributed by atoms with Gasteiger partial charge >= 0.3 is 0 Å². The lowest BCUT2D eigenvalue weighted by molar-refractivity contribution is 1.28. The van der Waals surface area contributed by atoms with E-state index in [1.165, 1.54) is 22.6 Å². The van der Waals surface area contributed by atoms with Crippen molar-refractivity contribution in [1.29, 1.82) is 0 Å². The highest BCUT2D eigenvalue weighted by atomic mass is 33.1. The van der Waals surface area contributed by atoms with Crippen LogP contribution in [-0.2, 0) is 11.5 Å². The van der Waals surface area contributed by atoms with Crippen LogP contribution < -0.4 is 0 Å². The van der Waals surface area contributed by atoms with Crippen molar-refractivity contribution in [3.8, 4) is 0 Å². The summed E-state index contributed by atoms with van der Waals surface area (Å²) < 4.78 is 0. The minimum atomic E-state index is 1.18. The van der Waals surface area contributed by atoms with Gasteiger partial charge in [-0.1, -0.05) is 59.7 Å². The van der Waals surface area contributed by atoms with Gasteiger partial charge in [-0.15, -0.1) is 0 Å². The molecule has 0 aliphatic carbocycles. The van der Waals surface area contributed by atoms with E-state index in [9.17, 15) is 0 Å². The second kappa shape index (κ2) is 5.55. The molecule has 0 aromatic heterocycles. The van der Waals surface area contributed by atoms with Crippen LogP contribution in [-0.4, -0.2) is 0 Å². The van der Waals surface area contributed by atoms with E-state index in [0.29, 0.717) is 0 Å². The molecule has 1 aromatic rings. The molecule has 1 aliphatic rings. The monoisotopic (exact) mass is 198 g/mol. The van der Waals surface area contributed by atoms with Gasteiger partial charge in [-0.2, -0.15) is 0 Å². The molecule has 0 atom stereocenters. The maximum Gasteiger partial charge on any atom is 0.0291 e. The maximum absolute atomic E-state index is 2.22. The third-order valence-electron chi connectivity index (χ3n) is 1.63. The SMILES string of the molecule is CC.c1ccc2c(c1)CSSC2. The van der Waals surface area contributed by atoms with E-state index in [-0.39, 0.29) is 0 Å². The Hall–Kier alpha value is -0.0800. The minimum Gasteiger partial charge on any atom is -0.0890 e. The molecule has 66 valence electrons. The van der Waals surface area contributed by atoms with Crippen LogP contribution in [0.4, 0.5) is 0 Å². The first kappa shape index (κ1) is 10.0. The molecule has 1 heterocycles. The van der Waals surface area contributed by atoms with Gasteiger partial charge in [0, 0.05) is 11.5 Å². The average Bonchev–Trinajstić information content (AvgIpc) is 2.21. The first-order valence-corrected chi connectivity index (χ1v) is 6.77. The zero-order chi connectivity index (χ0) is 8.81. The largest absolute Gasteiger partial charge is 0.0890 e. The molecule has 0 nitrogen and oxygen atoms in total. The molecule has 2 rings (SSSR count). The molecule has 0 spiro atoms. The first-order chi connectivity index (χ1) is 5.97. The summed E-state index contributed by atoms with van der Waals surface area (Å²) in [6.45, 7) is 4.00. The van der Waals surface area contributed by atoms with Gasteiger partial charge in [0.2, 0.25) is 0 Å². The molecule has 2 heteroatoms. The van der Waals surface area contributed by atoms with E-state index in [0.717, 1.165) is 0 Å². The quantitative estimate of drug-likeness (QED) is 0.575. The van der Waals surface area contributed by atoms with Gasteiger partial charge in [0.05, 0.1) is 0 Å². The Morgan fingerprint density at radius 2 is 1.33 bits per heavy atom. The fraction of sp³-hybridized carbons (Fsp3) is 0.400. The summed E-state index contributed by atoms with van der Waals surface area (Å²) in [7, 11) is 3.91. The average molecular weight is 198 g/mol. The molecule has 0 saturated heterocycles. The zero-order valence-electron chi connectivity index (χ0n) is 7.54. The zero-order valence-corrected chi connectivity index (χ0v) is 9.17. The van der Waals surface area contributed by atoms with E-state index in [1.54, 1.807) is 0 Å². The number of fused-ring (bicyclic) bond motifs is 1. The lowest BCUT2D eigenvalue weighted by atomic mass is 10.1. The van der Waals surface area contributed by atoms with Gasteiger partial charge in [0.15, 0.2) is 0 Å². The van der Waals surface area contributed by atoms with Crippen molar-refractivity contribution < 1.29 is 0 Å². The van der Waals surface area contributed by atoms with Gasteiger partial charge in [-0.3, -0.25) is 0 Å². The molecular formula is C10H14S2. The van der Waals surface area contributed by atoms with Crippen molar-refractivity contribution in [1.82, 2.24) is 0 Å². The number of hydrogen-bond donors (Lipinski definition) is 0. The van der Waals surface area contributed by atoms with Gasteiger partial charge in [-0.25, -0.2) is 0 Å². The van der Waals surface area contributed by atoms with E-state index in [1.807, 2.05) is 35.4 Å². The lowest BCUT2D eigenvalue weighted by Crippen LogP contribution is -1.92. The molecule has 1 aliphatic heterocycles. The van der Waals surface area contributed by atoms with Gasteiger partial charge in [-0.05, 0) is 11.1 Å². The summed E-state index contributed by atoms with van der Waals surface area (Å²) in [6, 6.07) is 8.69. The second-order valence-corrected chi connectivity index (χ2v) is 4.76. The Balaban J connectivity index is 0.000000336. The smallest absolute Gasteiger partial charge is 0.0291 e. The van der Waals surface area contributed by atoms with E-state index >= 15 is 0 Å². The summed E-state index contributed by atoms with van der Waals surface area (Å²) in [5.74, 6) is 2.36. The van der Waals surface area contributed by atoms with E-state index in [4.69, 9.17) is 0 Å². The van der Waals surface area contributed by atoms with Crippen LogP contribution >= 0.6 is 21.6 Å². The molecule has 0 bridgehead atoms. The molecular weight excluding hydrogens is 184 g/mol. The number of rotatable bonds is 0. The normalized spacial score (nSPS) is 14.2. The van der Waals surface area contributed by atoms with Gasteiger partial charge in [0.25, 0.3) is 0 Å². The molecule has 1 aromatic carbocycles. The topological polar surface area (TPSA) is 0 Å². The maximum atomic E-state index is 2.22. The third kappa shape index (κ3) is 2.46. The Labute approximate surface area is 82.5 Å². The predicted octanol–water partition coefficient (Wildman–Crippen LogP) is 4.11. The standard InChI is InChI=1S/C8H8S2.C2H6/c1-2-4-8-6-10-9-5-7(8)3-1;1-2/h1-4H,5-6H2;1-2H3. The van der Waals surface area contributed by atoms with Crippen LogP contribution in [0.3, 0.4) is 0 Å². The highest BCUT2D eigenvalue weighted by Crippen LogP contribution is 2.36. The second-order valence-electron chi connectivity index (χ2n) is 2.29. The molecule has 0 N–H and O–H groups in total. The summed E-state index contributed by atoms with van der Waals surface area (Å²) >= 11 is 0. The predicted molar refractivity (Wildman–Crippen MR) is 60.4 cm³/mol. The van der Waals surface area contributed by atoms with Crippen molar-refractivity contribution in [2.24, 2.45) is 0 Å². The highest BCUT2D eigenvalue weighted by Gasteiger charge is 2.07. The van der Waals surface area contributed by atoms with E-state index in [2.05, 4.69) is 24.3 Å². The summed E-state index contributed by atoms with van der Waals surface area (Å²) in [5.41, 5.74) is 3.04. The van der Waals surface area contributed by atoms with Crippen molar-refractivity contribution in [2.75, 3.05) is 0 Å². The fourth-order valence-corrected chi connectivity index (χ4v) is 3.30. The molecule has 0 radical (unpaired) electrons. The summed E-state index contributed by atoms with van der Waals surface area (Å²) in [6.07, 6.45) is 0. The highest BCUT2D eigenvalue weighted by molar-refractivity contribution is 8.76. The van der Waals surface area contributed by atoms with Crippen molar-refractivity contribution in [3.05, 3.63) is 35.4 Å². The van der Waals surface area contributed by atoms with Crippen molar-refractivity contribution in [2.45, 2.75) is 25.4 Å². The Morgan fingerprint density at radius 3 is 1.75 bits per heavy atom. The van der Waals surface area contributed by atoms with Crippen molar-refractivity contribution in [3.63, 3.8) is 0 Å². The van der Waals surface area contributed by atoms with E-state index < -0.39 is 0 Å². The summed E-state index contributed by atoms with van der Waals surface area (Å²) in [5, 5.41) is 0. The van der Waals surface area contributed by atoms with Crippen molar-refractivity contribution >= 4 is 21.6 Å². The number of hydrogen-bond acceptors (Lipinski definition) is 2. The molecule has 12 heavy (non-hydrogen) atoms. The van der Waals surface area contributed by atoms with Gasteiger partial charge in [0.1, 0.15) is 0 Å².